The number of phenols is 1. The molecule has 0 unspecified atom stereocenters. The number of phenolic OH excluding ortho intramolecular Hbond substituents is 1. The highest BCUT2D eigenvalue weighted by Crippen LogP contribution is 2.09. The Kier molecular flexibility index (Phi) is 5.43. The van der Waals surface area contributed by atoms with Gasteiger partial charge in [0.25, 0.3) is 0 Å². The third kappa shape index (κ3) is 4.33. The summed E-state index contributed by atoms with van der Waals surface area (Å²) >= 11 is 0. The van der Waals surface area contributed by atoms with E-state index in [1.807, 2.05) is 12.1 Å². The normalized spacial score (nSPS) is 8.08. The molecule has 1 aromatic rings. The van der Waals surface area contributed by atoms with E-state index in [0.29, 0.717) is 5.75 Å². The minimum absolute atomic E-state index is 0.250. The van der Waals surface area contributed by atoms with Crippen LogP contribution in [-0.2, 0) is 11.2 Å². The zero-order valence-electron chi connectivity index (χ0n) is 7.03. The maximum Gasteiger partial charge on any atom is 0.204 e. The number of aryl methyl sites for hydroxylation is 1. The Bertz CT molecular complexity index is 218. The maximum absolute atomic E-state index is 8.85. The van der Waals surface area contributed by atoms with E-state index in [2.05, 4.69) is 12.7 Å². The number of hydrogen-bond acceptors (Lipinski definition) is 2. The average molecular weight is 167 g/mol. The first-order valence-electron chi connectivity index (χ1n) is 3.67. The molecule has 0 fully saturated rings. The van der Waals surface area contributed by atoms with Gasteiger partial charge in [-0.2, -0.15) is 0 Å². The number of amides is 1. The fourth-order valence-electron chi connectivity index (χ4n) is 0.732. The summed E-state index contributed by atoms with van der Waals surface area (Å²) in [5.74, 6) is 0.340. The highest BCUT2D eigenvalue weighted by molar-refractivity contribution is 5.42. The first kappa shape index (κ1) is 10.5. The van der Waals surface area contributed by atoms with E-state index in [1.54, 1.807) is 12.1 Å². The number of aromatic hydroxyl groups is 1. The first-order chi connectivity index (χ1) is 5.74. The van der Waals surface area contributed by atoms with E-state index < -0.39 is 0 Å². The predicted molar refractivity (Wildman–Crippen MR) is 47.7 cm³/mol. The zero-order chi connectivity index (χ0) is 9.40. The molecule has 3 N–H and O–H groups in total. The number of hydrogen-bond donors (Lipinski definition) is 2. The third-order valence-corrected chi connectivity index (χ3v) is 1.34. The number of carbonyl (C=O) groups excluding carboxylic acids is 1. The molecule has 3 nitrogen and oxygen atoms in total. The van der Waals surface area contributed by atoms with Crippen LogP contribution < -0.4 is 5.73 Å². The SMILES string of the molecule is CCc1ccc(O)cc1.NC=O. The summed E-state index contributed by atoms with van der Waals surface area (Å²) in [6, 6.07) is 7.27. The summed E-state index contributed by atoms with van der Waals surface area (Å²) < 4.78 is 0. The van der Waals surface area contributed by atoms with Crippen LogP contribution in [-0.4, -0.2) is 11.5 Å². The molecule has 0 saturated carbocycles. The van der Waals surface area contributed by atoms with Crippen LogP contribution in [0.1, 0.15) is 12.5 Å². The summed E-state index contributed by atoms with van der Waals surface area (Å²) in [5.41, 5.74) is 5.42. The van der Waals surface area contributed by atoms with Crippen molar-refractivity contribution in [2.45, 2.75) is 13.3 Å². The lowest BCUT2D eigenvalue weighted by atomic mass is 10.2. The van der Waals surface area contributed by atoms with Crippen LogP contribution in [0, 0.1) is 0 Å². The van der Waals surface area contributed by atoms with Crippen molar-refractivity contribution < 1.29 is 9.90 Å². The van der Waals surface area contributed by atoms with Crippen molar-refractivity contribution in [2.24, 2.45) is 5.73 Å². The minimum atomic E-state index is 0.250. The lowest BCUT2D eigenvalue weighted by Gasteiger charge is -1.93. The van der Waals surface area contributed by atoms with Gasteiger partial charge in [0.2, 0.25) is 6.41 Å². The minimum Gasteiger partial charge on any atom is -0.508 e. The van der Waals surface area contributed by atoms with Gasteiger partial charge in [-0.25, -0.2) is 0 Å². The third-order valence-electron chi connectivity index (χ3n) is 1.34. The van der Waals surface area contributed by atoms with Gasteiger partial charge in [0.15, 0.2) is 0 Å². The molecule has 1 amide bonds. The Labute approximate surface area is 71.8 Å². The summed E-state index contributed by atoms with van der Waals surface area (Å²) in [6.07, 6.45) is 1.28. The van der Waals surface area contributed by atoms with Gasteiger partial charge < -0.3 is 10.8 Å². The fraction of sp³-hybridized carbons (Fsp3) is 0.222. The number of rotatable bonds is 1. The van der Waals surface area contributed by atoms with E-state index in [4.69, 9.17) is 9.90 Å². The topological polar surface area (TPSA) is 63.3 Å². The van der Waals surface area contributed by atoms with Gasteiger partial charge in [-0.3, -0.25) is 4.79 Å². The quantitative estimate of drug-likeness (QED) is 0.614. The van der Waals surface area contributed by atoms with Gasteiger partial charge in [0.1, 0.15) is 5.75 Å². The maximum atomic E-state index is 8.85. The molecule has 3 heteroatoms. The molecule has 0 aliphatic rings. The first-order valence-corrected chi connectivity index (χ1v) is 3.67. The molecular weight excluding hydrogens is 154 g/mol. The number of primary amides is 1. The van der Waals surface area contributed by atoms with Crippen LogP contribution in [0.2, 0.25) is 0 Å². The molecular formula is C9H13NO2. The van der Waals surface area contributed by atoms with Gasteiger partial charge in [0.05, 0.1) is 0 Å². The summed E-state index contributed by atoms with van der Waals surface area (Å²) in [7, 11) is 0. The van der Waals surface area contributed by atoms with Crippen molar-refractivity contribution in [3.63, 3.8) is 0 Å². The summed E-state index contributed by atoms with van der Waals surface area (Å²) in [6.45, 7) is 2.09. The van der Waals surface area contributed by atoms with E-state index in [0.717, 1.165) is 6.42 Å². The van der Waals surface area contributed by atoms with Crippen molar-refractivity contribution in [3.05, 3.63) is 29.8 Å². The standard InChI is InChI=1S/C8H10O.CH3NO/c1-2-7-3-5-8(9)6-4-7;2-1-3/h3-6,9H,2H2,1H3;1H,(H2,2,3). The van der Waals surface area contributed by atoms with E-state index in [9.17, 15) is 0 Å². The van der Waals surface area contributed by atoms with Crippen molar-refractivity contribution in [3.8, 4) is 5.75 Å². The average Bonchev–Trinajstić information content (AvgIpc) is 2.07. The Hall–Kier alpha value is -1.51. The zero-order valence-corrected chi connectivity index (χ0v) is 7.03. The van der Waals surface area contributed by atoms with E-state index in [-0.39, 0.29) is 6.41 Å². The van der Waals surface area contributed by atoms with Gasteiger partial charge in [-0.05, 0) is 24.1 Å². The number of benzene rings is 1. The molecule has 0 atom stereocenters. The monoisotopic (exact) mass is 167 g/mol. The van der Waals surface area contributed by atoms with Gasteiger partial charge >= 0.3 is 0 Å². The largest absolute Gasteiger partial charge is 0.508 e. The number of carbonyl (C=O) groups is 1. The smallest absolute Gasteiger partial charge is 0.204 e. The molecule has 0 spiro atoms. The fourth-order valence-corrected chi connectivity index (χ4v) is 0.732. The summed E-state index contributed by atoms with van der Waals surface area (Å²) in [5, 5.41) is 8.85. The lowest BCUT2D eigenvalue weighted by Crippen LogP contribution is -1.82. The van der Waals surface area contributed by atoms with Crippen molar-refractivity contribution in [1.82, 2.24) is 0 Å². The molecule has 0 aliphatic carbocycles. The highest BCUT2D eigenvalue weighted by atomic mass is 16.3. The molecule has 1 rings (SSSR count). The van der Waals surface area contributed by atoms with Crippen LogP contribution in [0.3, 0.4) is 0 Å². The second kappa shape index (κ2) is 6.22. The number of nitrogens with two attached hydrogens (primary N) is 1. The van der Waals surface area contributed by atoms with Crippen LogP contribution in [0.15, 0.2) is 24.3 Å². The molecule has 66 valence electrons. The van der Waals surface area contributed by atoms with E-state index >= 15 is 0 Å². The van der Waals surface area contributed by atoms with Gasteiger partial charge in [-0.15, -0.1) is 0 Å². The van der Waals surface area contributed by atoms with Crippen molar-refractivity contribution >= 4 is 6.41 Å². The molecule has 0 aliphatic heterocycles. The van der Waals surface area contributed by atoms with Crippen molar-refractivity contribution in [1.29, 1.82) is 0 Å². The molecule has 12 heavy (non-hydrogen) atoms. The molecule has 0 bridgehead atoms. The summed E-state index contributed by atoms with van der Waals surface area (Å²) in [4.78, 5) is 8.58. The van der Waals surface area contributed by atoms with E-state index in [1.165, 1.54) is 5.56 Å². The van der Waals surface area contributed by atoms with Gasteiger partial charge in [0, 0.05) is 0 Å². The molecule has 0 aromatic heterocycles. The van der Waals surface area contributed by atoms with Gasteiger partial charge in [-0.1, -0.05) is 19.1 Å². The van der Waals surface area contributed by atoms with Crippen LogP contribution in [0.5, 0.6) is 5.75 Å². The predicted octanol–water partition coefficient (Wildman–Crippen LogP) is 1.06. The van der Waals surface area contributed by atoms with Crippen LogP contribution in [0.4, 0.5) is 0 Å². The van der Waals surface area contributed by atoms with Crippen molar-refractivity contribution in [2.75, 3.05) is 0 Å². The highest BCUT2D eigenvalue weighted by Gasteiger charge is 1.86. The molecule has 0 heterocycles. The second-order valence-corrected chi connectivity index (χ2v) is 2.16. The molecule has 1 aromatic carbocycles. The Morgan fingerprint density at radius 1 is 1.42 bits per heavy atom. The Morgan fingerprint density at radius 3 is 2.17 bits per heavy atom. The van der Waals surface area contributed by atoms with Crippen LogP contribution in [0.25, 0.3) is 0 Å². The second-order valence-electron chi connectivity index (χ2n) is 2.16. The molecule has 0 saturated heterocycles. The Morgan fingerprint density at radius 2 is 1.83 bits per heavy atom. The van der Waals surface area contributed by atoms with Crippen LogP contribution >= 0.6 is 0 Å². The lowest BCUT2D eigenvalue weighted by molar-refractivity contribution is -0.106. The molecule has 0 radical (unpaired) electrons. The Balaban J connectivity index is 0.000000354.